The van der Waals surface area contributed by atoms with Crippen molar-refractivity contribution < 1.29 is 4.79 Å². The number of rotatable bonds is 5. The molecule has 0 radical (unpaired) electrons. The van der Waals surface area contributed by atoms with Gasteiger partial charge in [0.15, 0.2) is 0 Å². The Kier molecular flexibility index (Phi) is 5.73. The Morgan fingerprint density at radius 1 is 1.11 bits per heavy atom. The standard InChI is InChI=1S/C23H26N4O/c1-4-23(2,3)15-16-9-8-12-18-19(13-14-25-20(16)18)21(28)27-22(24)26-17-10-6-5-7-11-17/h5-14H,4,15H2,1-3H3,(H3,24,26,27,28). The van der Waals surface area contributed by atoms with Crippen LogP contribution in [0.2, 0.25) is 0 Å². The zero-order valence-corrected chi connectivity index (χ0v) is 16.6. The Morgan fingerprint density at radius 2 is 1.86 bits per heavy atom. The van der Waals surface area contributed by atoms with Crippen molar-refractivity contribution in [1.29, 1.82) is 0 Å². The number of pyridine rings is 1. The average Bonchev–Trinajstić information content (AvgIpc) is 2.68. The molecule has 28 heavy (non-hydrogen) atoms. The molecule has 3 N–H and O–H groups in total. The average molecular weight is 374 g/mol. The molecule has 3 aromatic rings. The van der Waals surface area contributed by atoms with Gasteiger partial charge in [-0.05, 0) is 35.6 Å². The number of para-hydroxylation sites is 2. The van der Waals surface area contributed by atoms with Crippen LogP contribution in [-0.4, -0.2) is 16.9 Å². The van der Waals surface area contributed by atoms with Gasteiger partial charge >= 0.3 is 0 Å². The SMILES string of the molecule is CCC(C)(C)Cc1cccc2c(C(=O)NC(N)=Nc3ccccc3)ccnc12. The van der Waals surface area contributed by atoms with Crippen molar-refractivity contribution in [2.75, 3.05) is 0 Å². The Balaban J connectivity index is 1.91. The topological polar surface area (TPSA) is 80.4 Å². The molecule has 1 amide bonds. The molecular weight excluding hydrogens is 348 g/mol. The van der Waals surface area contributed by atoms with Crippen molar-refractivity contribution in [2.24, 2.45) is 16.1 Å². The van der Waals surface area contributed by atoms with Crippen molar-refractivity contribution in [3.8, 4) is 0 Å². The summed E-state index contributed by atoms with van der Waals surface area (Å²) in [6, 6.07) is 17.0. The first-order chi connectivity index (χ1) is 13.4. The third-order valence-electron chi connectivity index (χ3n) is 4.97. The highest BCUT2D eigenvalue weighted by Gasteiger charge is 2.19. The summed E-state index contributed by atoms with van der Waals surface area (Å²) in [6.45, 7) is 6.67. The van der Waals surface area contributed by atoms with Crippen molar-refractivity contribution in [1.82, 2.24) is 10.3 Å². The first-order valence-electron chi connectivity index (χ1n) is 9.47. The molecule has 5 nitrogen and oxygen atoms in total. The number of aliphatic imine (C=N–C) groups is 1. The predicted molar refractivity (Wildman–Crippen MR) is 115 cm³/mol. The number of nitrogens with one attached hydrogen (secondary N) is 1. The Hall–Kier alpha value is -3.21. The number of hydrogen-bond acceptors (Lipinski definition) is 3. The van der Waals surface area contributed by atoms with Crippen LogP contribution < -0.4 is 11.1 Å². The molecule has 144 valence electrons. The molecule has 1 heterocycles. The Labute approximate surface area is 165 Å². The summed E-state index contributed by atoms with van der Waals surface area (Å²) in [4.78, 5) is 21.6. The highest BCUT2D eigenvalue weighted by atomic mass is 16.1. The van der Waals surface area contributed by atoms with Crippen LogP contribution in [0.3, 0.4) is 0 Å². The number of nitrogens with two attached hydrogens (primary N) is 1. The van der Waals surface area contributed by atoms with E-state index in [1.54, 1.807) is 12.3 Å². The largest absolute Gasteiger partial charge is 0.369 e. The van der Waals surface area contributed by atoms with E-state index in [4.69, 9.17) is 5.73 Å². The minimum Gasteiger partial charge on any atom is -0.369 e. The molecule has 0 saturated carbocycles. The monoisotopic (exact) mass is 374 g/mol. The first-order valence-corrected chi connectivity index (χ1v) is 9.47. The molecule has 5 heteroatoms. The Bertz CT molecular complexity index is 1010. The molecule has 0 bridgehead atoms. The van der Waals surface area contributed by atoms with Gasteiger partial charge in [-0.1, -0.05) is 63.6 Å². The van der Waals surface area contributed by atoms with Crippen molar-refractivity contribution in [3.05, 3.63) is 71.9 Å². The molecule has 0 spiro atoms. The molecule has 3 rings (SSSR count). The zero-order valence-electron chi connectivity index (χ0n) is 16.6. The van der Waals surface area contributed by atoms with Gasteiger partial charge in [-0.3, -0.25) is 15.1 Å². The van der Waals surface area contributed by atoms with Gasteiger partial charge in [0.2, 0.25) is 5.96 Å². The van der Waals surface area contributed by atoms with Crippen molar-refractivity contribution >= 4 is 28.5 Å². The lowest BCUT2D eigenvalue weighted by atomic mass is 9.82. The lowest BCUT2D eigenvalue weighted by molar-refractivity contribution is 0.0978. The molecule has 0 aliphatic rings. The summed E-state index contributed by atoms with van der Waals surface area (Å²) in [6.07, 6.45) is 3.64. The normalized spacial score (nSPS) is 12.2. The number of amides is 1. The van der Waals surface area contributed by atoms with E-state index in [0.717, 1.165) is 29.3 Å². The molecule has 0 aliphatic heterocycles. The maximum atomic E-state index is 12.8. The molecule has 0 atom stereocenters. The van der Waals surface area contributed by atoms with Crippen LogP contribution in [0, 0.1) is 5.41 Å². The maximum Gasteiger partial charge on any atom is 0.258 e. The fraction of sp³-hybridized carbons (Fsp3) is 0.261. The molecule has 0 saturated heterocycles. The number of benzene rings is 2. The van der Waals surface area contributed by atoms with E-state index in [0.29, 0.717) is 11.3 Å². The second-order valence-electron chi connectivity index (χ2n) is 7.65. The van der Waals surface area contributed by atoms with Gasteiger partial charge in [0.1, 0.15) is 0 Å². The number of nitrogens with zero attached hydrogens (tertiary/aromatic N) is 2. The summed E-state index contributed by atoms with van der Waals surface area (Å²) < 4.78 is 0. The van der Waals surface area contributed by atoms with Gasteiger partial charge in [-0.2, -0.15) is 0 Å². The van der Waals surface area contributed by atoms with Crippen LogP contribution in [0.25, 0.3) is 10.9 Å². The summed E-state index contributed by atoms with van der Waals surface area (Å²) in [5, 5.41) is 3.49. The zero-order chi connectivity index (χ0) is 20.1. The number of aromatic nitrogens is 1. The fourth-order valence-corrected chi connectivity index (χ4v) is 3.07. The lowest BCUT2D eigenvalue weighted by Crippen LogP contribution is -2.36. The lowest BCUT2D eigenvalue weighted by Gasteiger charge is -2.23. The number of fused-ring (bicyclic) bond motifs is 1. The van der Waals surface area contributed by atoms with E-state index in [1.807, 2.05) is 42.5 Å². The molecule has 0 fully saturated rings. The number of carbonyl (C=O) groups excluding carboxylic acids is 1. The first kappa shape index (κ1) is 19.5. The van der Waals surface area contributed by atoms with Gasteiger partial charge in [-0.25, -0.2) is 4.99 Å². The van der Waals surface area contributed by atoms with E-state index in [9.17, 15) is 4.79 Å². The van der Waals surface area contributed by atoms with E-state index in [-0.39, 0.29) is 17.3 Å². The molecular formula is C23H26N4O. The fourth-order valence-electron chi connectivity index (χ4n) is 3.07. The van der Waals surface area contributed by atoms with Gasteiger partial charge in [0.25, 0.3) is 5.91 Å². The summed E-state index contributed by atoms with van der Waals surface area (Å²) in [7, 11) is 0. The van der Waals surface area contributed by atoms with E-state index < -0.39 is 0 Å². The summed E-state index contributed by atoms with van der Waals surface area (Å²) in [5.41, 5.74) is 9.31. The van der Waals surface area contributed by atoms with Crippen LogP contribution in [0.4, 0.5) is 5.69 Å². The van der Waals surface area contributed by atoms with Gasteiger partial charge in [0.05, 0.1) is 16.8 Å². The maximum absolute atomic E-state index is 12.8. The molecule has 2 aromatic carbocycles. The number of carbonyl (C=O) groups is 1. The van der Waals surface area contributed by atoms with Crippen LogP contribution in [0.5, 0.6) is 0 Å². The summed E-state index contributed by atoms with van der Waals surface area (Å²) in [5.74, 6) is -0.235. The smallest absolute Gasteiger partial charge is 0.258 e. The molecule has 0 aliphatic carbocycles. The van der Waals surface area contributed by atoms with Gasteiger partial charge < -0.3 is 5.73 Å². The predicted octanol–water partition coefficient (Wildman–Crippen LogP) is 4.59. The van der Waals surface area contributed by atoms with E-state index in [2.05, 4.69) is 42.1 Å². The van der Waals surface area contributed by atoms with Crippen LogP contribution >= 0.6 is 0 Å². The highest BCUT2D eigenvalue weighted by molar-refractivity contribution is 6.12. The van der Waals surface area contributed by atoms with E-state index >= 15 is 0 Å². The second kappa shape index (κ2) is 8.21. The summed E-state index contributed by atoms with van der Waals surface area (Å²) >= 11 is 0. The highest BCUT2D eigenvalue weighted by Crippen LogP contribution is 2.29. The molecule has 1 aromatic heterocycles. The molecule has 0 unspecified atom stereocenters. The van der Waals surface area contributed by atoms with Gasteiger partial charge in [0, 0.05) is 11.6 Å². The van der Waals surface area contributed by atoms with Crippen LogP contribution in [-0.2, 0) is 6.42 Å². The second-order valence-corrected chi connectivity index (χ2v) is 7.65. The van der Waals surface area contributed by atoms with E-state index in [1.165, 1.54) is 0 Å². The van der Waals surface area contributed by atoms with Crippen LogP contribution in [0.1, 0.15) is 43.1 Å². The number of guanidine groups is 1. The minimum atomic E-state index is -0.295. The third kappa shape index (κ3) is 4.55. The van der Waals surface area contributed by atoms with Crippen molar-refractivity contribution in [3.63, 3.8) is 0 Å². The van der Waals surface area contributed by atoms with Crippen LogP contribution in [0.15, 0.2) is 65.8 Å². The number of hydrogen-bond donors (Lipinski definition) is 2. The minimum absolute atomic E-state index is 0.0597. The third-order valence-corrected chi connectivity index (χ3v) is 4.97. The quantitative estimate of drug-likeness (QED) is 0.506. The Morgan fingerprint density at radius 3 is 2.57 bits per heavy atom. The van der Waals surface area contributed by atoms with Gasteiger partial charge in [-0.15, -0.1) is 0 Å². The van der Waals surface area contributed by atoms with Crippen molar-refractivity contribution in [2.45, 2.75) is 33.6 Å².